The lowest BCUT2D eigenvalue weighted by molar-refractivity contribution is 0.350. The lowest BCUT2D eigenvalue weighted by Gasteiger charge is -2.18. The molecule has 4 nitrogen and oxygen atoms in total. The Balaban J connectivity index is 1.80. The Hall–Kier alpha value is -2.17. The number of aryl methyl sites for hydroxylation is 1. The highest BCUT2D eigenvalue weighted by molar-refractivity contribution is 5.86. The van der Waals surface area contributed by atoms with Crippen LogP contribution in [0.2, 0.25) is 0 Å². The number of hydrogen-bond donors (Lipinski definition) is 1. The summed E-state index contributed by atoms with van der Waals surface area (Å²) < 4.78 is 2.47. The maximum absolute atomic E-state index is 6.55. The van der Waals surface area contributed by atoms with Crippen LogP contribution in [0.25, 0.3) is 10.9 Å². The van der Waals surface area contributed by atoms with E-state index >= 15 is 0 Å². The van der Waals surface area contributed by atoms with Gasteiger partial charge in [-0.3, -0.25) is 4.98 Å². The smallest absolute Gasteiger partial charge is 0.0486 e. The number of hydrogen-bond acceptors (Lipinski definition) is 3. The summed E-state index contributed by atoms with van der Waals surface area (Å²) in [5.74, 6) is 0. The number of nitrogens with two attached hydrogens (primary N) is 1. The van der Waals surface area contributed by atoms with Crippen molar-refractivity contribution in [3.05, 3.63) is 65.1 Å². The molecular weight excluding hydrogens is 308 g/mol. The maximum atomic E-state index is 6.55. The predicted octanol–water partition coefficient (Wildman–Crippen LogP) is 3.08. The van der Waals surface area contributed by atoms with Crippen LogP contribution in [0.15, 0.2) is 42.7 Å². The monoisotopic (exact) mass is 334 g/mol. The molecule has 0 radical (unpaired) electrons. The van der Waals surface area contributed by atoms with Crippen LogP contribution < -0.4 is 5.73 Å². The summed E-state index contributed by atoms with van der Waals surface area (Å²) in [6, 6.07) is 10.8. The number of benzene rings is 1. The Bertz CT molecular complexity index is 882. The van der Waals surface area contributed by atoms with E-state index < -0.39 is 0 Å². The van der Waals surface area contributed by atoms with Crippen LogP contribution in [0, 0.1) is 6.92 Å². The quantitative estimate of drug-likeness (QED) is 0.801. The van der Waals surface area contributed by atoms with Gasteiger partial charge in [-0.1, -0.05) is 11.6 Å². The second-order valence-corrected chi connectivity index (χ2v) is 7.25. The van der Waals surface area contributed by atoms with Gasteiger partial charge < -0.3 is 15.2 Å². The van der Waals surface area contributed by atoms with Crippen LogP contribution >= 0.6 is 0 Å². The van der Waals surface area contributed by atoms with E-state index in [4.69, 9.17) is 5.73 Å². The number of aromatic nitrogens is 2. The number of nitrogens with zero attached hydrogens (tertiary/aromatic N) is 3. The highest BCUT2D eigenvalue weighted by Crippen LogP contribution is 2.31. The van der Waals surface area contributed by atoms with E-state index in [0.29, 0.717) is 0 Å². The van der Waals surface area contributed by atoms with Crippen molar-refractivity contribution < 1.29 is 0 Å². The molecule has 0 aliphatic carbocycles. The summed E-state index contributed by atoms with van der Waals surface area (Å²) in [4.78, 5) is 6.53. The molecule has 0 bridgehead atoms. The van der Waals surface area contributed by atoms with Crippen LogP contribution in [-0.2, 0) is 19.4 Å². The average Bonchev–Trinajstić information content (AvgIpc) is 2.76. The molecule has 2 N–H and O–H groups in total. The SMILES string of the molecule is Cc1ccc2c(c1)c1c(n2CC(N)c2ccncc2)CCN(C)CC1. The van der Waals surface area contributed by atoms with E-state index in [1.165, 1.54) is 27.7 Å². The van der Waals surface area contributed by atoms with Crippen molar-refractivity contribution >= 4 is 10.9 Å². The highest BCUT2D eigenvalue weighted by atomic mass is 15.1. The van der Waals surface area contributed by atoms with Gasteiger partial charge in [-0.2, -0.15) is 0 Å². The maximum Gasteiger partial charge on any atom is 0.0486 e. The van der Waals surface area contributed by atoms with Gasteiger partial charge in [-0.15, -0.1) is 0 Å². The third kappa shape index (κ3) is 3.08. The molecule has 1 unspecified atom stereocenters. The normalized spacial score (nSPS) is 16.6. The number of pyridine rings is 1. The Morgan fingerprint density at radius 1 is 1.12 bits per heavy atom. The van der Waals surface area contributed by atoms with Crippen molar-refractivity contribution in [3.8, 4) is 0 Å². The van der Waals surface area contributed by atoms with Gasteiger partial charge in [0.15, 0.2) is 0 Å². The zero-order valence-corrected chi connectivity index (χ0v) is 15.1. The summed E-state index contributed by atoms with van der Waals surface area (Å²) in [6.07, 6.45) is 5.84. The third-order valence-electron chi connectivity index (χ3n) is 5.43. The third-order valence-corrected chi connectivity index (χ3v) is 5.43. The molecule has 1 atom stereocenters. The molecule has 1 aromatic carbocycles. The van der Waals surface area contributed by atoms with Gasteiger partial charge in [-0.05, 0) is 55.8 Å². The molecule has 0 fully saturated rings. The van der Waals surface area contributed by atoms with Crippen LogP contribution in [-0.4, -0.2) is 34.6 Å². The molecule has 130 valence electrons. The standard InChI is InChI=1S/C21H26N4/c1-15-3-4-20-18(13-15)17-7-11-24(2)12-8-21(17)25(20)14-19(22)16-5-9-23-10-6-16/h3-6,9-10,13,19H,7-8,11-12,14,22H2,1-2H3. The fourth-order valence-electron chi connectivity index (χ4n) is 3.99. The number of fused-ring (bicyclic) bond motifs is 3. The summed E-state index contributed by atoms with van der Waals surface area (Å²) in [5.41, 5.74) is 13.3. The molecule has 3 heterocycles. The largest absolute Gasteiger partial charge is 0.342 e. The van der Waals surface area contributed by atoms with E-state index in [9.17, 15) is 0 Å². The lowest BCUT2D eigenvalue weighted by atomic mass is 10.1. The molecule has 4 rings (SSSR count). The summed E-state index contributed by atoms with van der Waals surface area (Å²) in [7, 11) is 2.21. The topological polar surface area (TPSA) is 47.1 Å². The molecule has 25 heavy (non-hydrogen) atoms. The molecule has 0 saturated carbocycles. The fraction of sp³-hybridized carbons (Fsp3) is 0.381. The number of rotatable bonds is 3. The molecule has 0 amide bonds. The minimum absolute atomic E-state index is 0.0232. The summed E-state index contributed by atoms with van der Waals surface area (Å²) in [5, 5.41) is 1.41. The Morgan fingerprint density at radius 2 is 1.88 bits per heavy atom. The lowest BCUT2D eigenvalue weighted by Crippen LogP contribution is -2.22. The van der Waals surface area contributed by atoms with Crippen molar-refractivity contribution in [1.29, 1.82) is 0 Å². The molecule has 1 aliphatic rings. The molecule has 1 aliphatic heterocycles. The Kier molecular flexibility index (Phi) is 4.32. The first-order valence-electron chi connectivity index (χ1n) is 9.08. The molecular formula is C21H26N4. The first-order valence-corrected chi connectivity index (χ1v) is 9.08. The van der Waals surface area contributed by atoms with Gasteiger partial charge in [0.2, 0.25) is 0 Å². The molecule has 2 aromatic heterocycles. The first-order chi connectivity index (χ1) is 12.1. The first kappa shape index (κ1) is 16.3. The summed E-state index contributed by atoms with van der Waals surface area (Å²) >= 11 is 0. The van der Waals surface area contributed by atoms with Crippen molar-refractivity contribution in [2.75, 3.05) is 20.1 Å². The van der Waals surface area contributed by atoms with Gasteiger partial charge in [0.1, 0.15) is 0 Å². The molecule has 4 heteroatoms. The minimum atomic E-state index is -0.0232. The zero-order valence-electron chi connectivity index (χ0n) is 15.1. The van der Waals surface area contributed by atoms with E-state index in [2.05, 4.69) is 46.6 Å². The molecule has 0 spiro atoms. The van der Waals surface area contributed by atoms with Crippen molar-refractivity contribution in [2.45, 2.75) is 32.4 Å². The zero-order chi connectivity index (χ0) is 17.4. The molecule has 0 saturated heterocycles. The van der Waals surface area contributed by atoms with Crippen LogP contribution in [0.5, 0.6) is 0 Å². The van der Waals surface area contributed by atoms with E-state index in [1.807, 2.05) is 24.5 Å². The number of likely N-dealkylation sites (N-methyl/N-ethyl adjacent to an activating group) is 1. The Labute approximate surface area is 149 Å². The Morgan fingerprint density at radius 3 is 2.68 bits per heavy atom. The van der Waals surface area contributed by atoms with Crippen LogP contribution in [0.4, 0.5) is 0 Å². The average molecular weight is 334 g/mol. The van der Waals surface area contributed by atoms with E-state index in [0.717, 1.165) is 38.0 Å². The highest BCUT2D eigenvalue weighted by Gasteiger charge is 2.22. The van der Waals surface area contributed by atoms with Crippen molar-refractivity contribution in [1.82, 2.24) is 14.5 Å². The van der Waals surface area contributed by atoms with Gasteiger partial charge in [0.05, 0.1) is 0 Å². The summed E-state index contributed by atoms with van der Waals surface area (Å²) in [6.45, 7) is 5.21. The van der Waals surface area contributed by atoms with Gasteiger partial charge in [-0.25, -0.2) is 0 Å². The predicted molar refractivity (Wildman–Crippen MR) is 103 cm³/mol. The van der Waals surface area contributed by atoms with Crippen LogP contribution in [0.1, 0.15) is 28.4 Å². The van der Waals surface area contributed by atoms with E-state index in [-0.39, 0.29) is 6.04 Å². The second kappa shape index (κ2) is 6.62. The van der Waals surface area contributed by atoms with Crippen LogP contribution in [0.3, 0.4) is 0 Å². The fourth-order valence-corrected chi connectivity index (χ4v) is 3.99. The van der Waals surface area contributed by atoms with Gasteiger partial charge in [0.25, 0.3) is 0 Å². The van der Waals surface area contributed by atoms with Gasteiger partial charge in [0, 0.05) is 61.1 Å². The second-order valence-electron chi connectivity index (χ2n) is 7.25. The van der Waals surface area contributed by atoms with Gasteiger partial charge >= 0.3 is 0 Å². The molecule has 3 aromatic rings. The van der Waals surface area contributed by atoms with Crippen molar-refractivity contribution in [2.24, 2.45) is 5.73 Å². The van der Waals surface area contributed by atoms with E-state index in [1.54, 1.807) is 0 Å². The minimum Gasteiger partial charge on any atom is -0.342 e. The van der Waals surface area contributed by atoms with Crippen molar-refractivity contribution in [3.63, 3.8) is 0 Å².